The van der Waals surface area contributed by atoms with Gasteiger partial charge in [0.1, 0.15) is 0 Å². The number of rotatable bonds is 11. The van der Waals surface area contributed by atoms with Gasteiger partial charge in [-0.15, -0.1) is 0 Å². The van der Waals surface area contributed by atoms with E-state index in [4.69, 9.17) is 13.6 Å². The fraction of sp³-hybridized carbons (Fsp3) is 0.684. The Bertz CT molecular complexity index is 437. The average molecular weight is 337 g/mol. The van der Waals surface area contributed by atoms with Gasteiger partial charge in [-0.05, 0) is 30.5 Å². The molecule has 1 saturated heterocycles. The highest BCUT2D eigenvalue weighted by Crippen LogP contribution is 2.33. The summed E-state index contributed by atoms with van der Waals surface area (Å²) >= 11 is 0. The van der Waals surface area contributed by atoms with Crippen molar-refractivity contribution in [3.8, 4) is 0 Å². The van der Waals surface area contributed by atoms with Crippen LogP contribution in [-0.2, 0) is 13.6 Å². The largest absolute Gasteiger partial charge is 0.391 e. The molecule has 1 aromatic carbocycles. The van der Waals surface area contributed by atoms with Crippen LogP contribution >= 0.6 is 0 Å². The molecule has 0 radical (unpaired) electrons. The molecular weight excluding hydrogens is 304 g/mol. The van der Waals surface area contributed by atoms with Crippen LogP contribution < -0.4 is 5.19 Å². The second-order valence-corrected chi connectivity index (χ2v) is 10.1. The van der Waals surface area contributed by atoms with Crippen LogP contribution in [0.25, 0.3) is 0 Å². The summed E-state index contributed by atoms with van der Waals surface area (Å²) < 4.78 is 18.2. The van der Waals surface area contributed by atoms with Gasteiger partial charge in [-0.25, -0.2) is 0 Å². The minimum Gasteiger partial charge on any atom is -0.391 e. The van der Waals surface area contributed by atoms with Gasteiger partial charge in [0, 0.05) is 18.6 Å². The Hall–Kier alpha value is -0.683. The van der Waals surface area contributed by atoms with Crippen LogP contribution in [0.15, 0.2) is 30.3 Å². The molecule has 0 amide bonds. The monoisotopic (exact) mass is 336 g/mol. The van der Waals surface area contributed by atoms with E-state index in [0.29, 0.717) is 5.41 Å². The van der Waals surface area contributed by atoms with Crippen molar-refractivity contribution in [2.75, 3.05) is 26.4 Å². The highest BCUT2D eigenvalue weighted by atomic mass is 28.4. The van der Waals surface area contributed by atoms with E-state index >= 15 is 0 Å². The molecule has 0 N–H and O–H groups in total. The second-order valence-electron chi connectivity index (χ2n) is 6.97. The third kappa shape index (κ3) is 5.15. The zero-order valence-corrected chi connectivity index (χ0v) is 16.0. The summed E-state index contributed by atoms with van der Waals surface area (Å²) in [4.78, 5) is 0. The maximum atomic E-state index is 6.42. The van der Waals surface area contributed by atoms with E-state index in [1.54, 1.807) is 0 Å². The fourth-order valence-corrected chi connectivity index (χ4v) is 6.47. The van der Waals surface area contributed by atoms with Gasteiger partial charge >= 0.3 is 8.56 Å². The molecule has 0 atom stereocenters. The third-order valence-corrected chi connectivity index (χ3v) is 8.05. The first-order chi connectivity index (χ1) is 11.1. The molecular formula is C19H32O3Si. The normalized spacial score (nSPS) is 17.0. The first-order valence-electron chi connectivity index (χ1n) is 9.05. The Kier molecular flexibility index (Phi) is 7.28. The van der Waals surface area contributed by atoms with Crippen molar-refractivity contribution in [1.29, 1.82) is 0 Å². The quantitative estimate of drug-likeness (QED) is 0.572. The highest BCUT2D eigenvalue weighted by Gasteiger charge is 2.41. The molecule has 1 aliphatic heterocycles. The summed E-state index contributed by atoms with van der Waals surface area (Å²) in [6, 6.07) is 11.7. The average Bonchev–Trinajstić information content (AvgIpc) is 2.56. The van der Waals surface area contributed by atoms with Crippen molar-refractivity contribution in [2.24, 2.45) is 5.41 Å². The van der Waals surface area contributed by atoms with Crippen molar-refractivity contribution in [1.82, 2.24) is 0 Å². The van der Waals surface area contributed by atoms with Gasteiger partial charge in [0.15, 0.2) is 0 Å². The van der Waals surface area contributed by atoms with E-state index in [-0.39, 0.29) is 0 Å². The topological polar surface area (TPSA) is 27.7 Å². The lowest BCUT2D eigenvalue weighted by atomic mass is 9.84. The fourth-order valence-electron chi connectivity index (χ4n) is 3.07. The number of hydrogen-bond donors (Lipinski definition) is 0. The van der Waals surface area contributed by atoms with Gasteiger partial charge in [-0.1, -0.05) is 57.5 Å². The lowest BCUT2D eigenvalue weighted by Crippen LogP contribution is -2.54. The zero-order chi connectivity index (χ0) is 16.6. The summed E-state index contributed by atoms with van der Waals surface area (Å²) in [5.41, 5.74) is 0.367. The smallest absolute Gasteiger partial charge is 0.372 e. The van der Waals surface area contributed by atoms with E-state index in [9.17, 15) is 0 Å². The summed E-state index contributed by atoms with van der Waals surface area (Å²) in [5, 5.41) is 1.27. The molecule has 0 bridgehead atoms. The Morgan fingerprint density at radius 2 is 1.65 bits per heavy atom. The Morgan fingerprint density at radius 1 is 1.04 bits per heavy atom. The SMILES string of the molecule is CCCO[Si](CCCC1(C)COC1)(OCCC)c1ccccc1. The van der Waals surface area contributed by atoms with Crippen molar-refractivity contribution in [3.05, 3.63) is 30.3 Å². The van der Waals surface area contributed by atoms with E-state index in [2.05, 4.69) is 51.1 Å². The summed E-state index contributed by atoms with van der Waals surface area (Å²) in [6.07, 6.45) is 4.40. The van der Waals surface area contributed by atoms with Crippen LogP contribution in [0.2, 0.25) is 6.04 Å². The molecule has 23 heavy (non-hydrogen) atoms. The minimum atomic E-state index is -2.34. The molecule has 0 unspecified atom stereocenters. The lowest BCUT2D eigenvalue weighted by Gasteiger charge is -2.39. The van der Waals surface area contributed by atoms with Gasteiger partial charge in [0.05, 0.1) is 13.2 Å². The maximum absolute atomic E-state index is 6.42. The highest BCUT2D eigenvalue weighted by molar-refractivity contribution is 6.81. The first kappa shape index (κ1) is 18.7. The molecule has 0 aromatic heterocycles. The summed E-state index contributed by atoms with van der Waals surface area (Å²) in [5.74, 6) is 0. The van der Waals surface area contributed by atoms with Crippen LogP contribution in [0.3, 0.4) is 0 Å². The van der Waals surface area contributed by atoms with Gasteiger partial charge in [-0.2, -0.15) is 0 Å². The first-order valence-corrected chi connectivity index (χ1v) is 11.1. The molecule has 3 nitrogen and oxygen atoms in total. The molecule has 0 spiro atoms. The molecule has 1 aliphatic rings. The van der Waals surface area contributed by atoms with Crippen LogP contribution in [0.5, 0.6) is 0 Å². The molecule has 1 fully saturated rings. The van der Waals surface area contributed by atoms with Gasteiger partial charge < -0.3 is 13.6 Å². The van der Waals surface area contributed by atoms with Crippen LogP contribution in [-0.4, -0.2) is 35.0 Å². The minimum absolute atomic E-state index is 0.367. The van der Waals surface area contributed by atoms with Crippen LogP contribution in [0.1, 0.15) is 46.5 Å². The molecule has 130 valence electrons. The number of ether oxygens (including phenoxy) is 1. The van der Waals surface area contributed by atoms with Crippen LogP contribution in [0, 0.1) is 5.41 Å². The Balaban J connectivity index is 2.09. The zero-order valence-electron chi connectivity index (χ0n) is 15.0. The van der Waals surface area contributed by atoms with Crippen molar-refractivity contribution in [3.63, 3.8) is 0 Å². The standard InChI is InChI=1S/C19H32O3Si/c1-4-13-21-23(22-14-5-2,18-10-7-6-8-11-18)15-9-12-19(3)16-20-17-19/h6-8,10-11H,4-5,9,12-17H2,1-3H3. The molecule has 2 rings (SSSR count). The maximum Gasteiger partial charge on any atom is 0.372 e. The van der Waals surface area contributed by atoms with Crippen molar-refractivity contribution in [2.45, 2.75) is 52.5 Å². The van der Waals surface area contributed by atoms with Gasteiger partial charge in [-0.3, -0.25) is 0 Å². The van der Waals surface area contributed by atoms with Crippen LogP contribution in [0.4, 0.5) is 0 Å². The van der Waals surface area contributed by atoms with Crippen molar-refractivity contribution >= 4 is 13.7 Å². The van der Waals surface area contributed by atoms with E-state index in [1.165, 1.54) is 11.6 Å². The predicted octanol–water partition coefficient (Wildman–Crippen LogP) is 4.01. The molecule has 4 heteroatoms. The number of hydrogen-bond acceptors (Lipinski definition) is 3. The third-order valence-electron chi connectivity index (χ3n) is 4.48. The second kappa shape index (κ2) is 8.97. The van der Waals surface area contributed by atoms with E-state index in [0.717, 1.165) is 51.7 Å². The number of benzene rings is 1. The van der Waals surface area contributed by atoms with E-state index in [1.807, 2.05) is 0 Å². The lowest BCUT2D eigenvalue weighted by molar-refractivity contribution is -0.106. The van der Waals surface area contributed by atoms with E-state index < -0.39 is 8.56 Å². The van der Waals surface area contributed by atoms with Gasteiger partial charge in [0.2, 0.25) is 0 Å². The predicted molar refractivity (Wildman–Crippen MR) is 97.3 cm³/mol. The molecule has 0 saturated carbocycles. The Morgan fingerprint density at radius 3 is 2.13 bits per heavy atom. The summed E-state index contributed by atoms with van der Waals surface area (Å²) in [7, 11) is -2.34. The van der Waals surface area contributed by atoms with Gasteiger partial charge in [0.25, 0.3) is 0 Å². The van der Waals surface area contributed by atoms with Crippen molar-refractivity contribution < 1.29 is 13.6 Å². The molecule has 1 heterocycles. The molecule has 1 aromatic rings. The molecule has 0 aliphatic carbocycles. The Labute approximate surface area is 142 Å². The summed E-state index contributed by atoms with van der Waals surface area (Å²) in [6.45, 7) is 10.0.